The first-order valence-electron chi connectivity index (χ1n) is 10.2. The van der Waals surface area contributed by atoms with E-state index >= 15 is 0 Å². The number of ketones is 1. The Bertz CT molecular complexity index is 1150. The fourth-order valence-corrected chi connectivity index (χ4v) is 3.95. The molecule has 4 aromatic rings. The maximum absolute atomic E-state index is 6.76. The third-order valence-electron chi connectivity index (χ3n) is 5.44. The first-order chi connectivity index (χ1) is 14.9. The second kappa shape index (κ2) is 7.88. The molecule has 5 rings (SSSR count). The van der Waals surface area contributed by atoms with Crippen molar-refractivity contribution in [2.24, 2.45) is 0 Å². The molecule has 0 aromatic heterocycles. The number of allylic oxidation sites excluding steroid dienone is 1. The van der Waals surface area contributed by atoms with Crippen LogP contribution in [0.25, 0.3) is 5.76 Å². The summed E-state index contributed by atoms with van der Waals surface area (Å²) in [6.45, 7) is -1.96. The molecule has 0 bridgehead atoms. The summed E-state index contributed by atoms with van der Waals surface area (Å²) in [5.74, 6) is 1.60. The van der Waals surface area contributed by atoms with Crippen LogP contribution in [-0.4, -0.2) is 12.3 Å². The van der Waals surface area contributed by atoms with Crippen molar-refractivity contribution in [2.75, 3.05) is 0 Å². The molecule has 0 saturated heterocycles. The molecule has 30 heavy (non-hydrogen) atoms. The highest BCUT2D eigenvalue weighted by Crippen LogP contribution is 2.27. The van der Waals surface area contributed by atoms with Gasteiger partial charge in [-0.1, -0.05) is 109 Å². The Kier molecular flexibility index (Phi) is 4.78. The van der Waals surface area contributed by atoms with Gasteiger partial charge in [0.1, 0.15) is 0 Å². The van der Waals surface area contributed by atoms with E-state index in [0.717, 1.165) is 33.6 Å². The maximum atomic E-state index is 6.76. The monoisotopic (exact) mass is 388 g/mol. The van der Waals surface area contributed by atoms with Crippen LogP contribution in [0, 0.1) is 0 Å². The molecule has 1 heterocycles. The summed E-state index contributed by atoms with van der Waals surface area (Å²) in [5, 5.41) is 0. The van der Waals surface area contributed by atoms with Gasteiger partial charge in [0.25, 0.3) is 5.78 Å². The highest BCUT2D eigenvalue weighted by atomic mass is 16.6. The first kappa shape index (κ1) is 18.2. The van der Waals surface area contributed by atoms with E-state index in [4.69, 9.17) is 9.00 Å². The average Bonchev–Trinajstić information content (AvgIpc) is 2.86. The minimum Gasteiger partial charge on any atom is -0.625 e. The van der Waals surface area contributed by atoms with Crippen LogP contribution >= 0.6 is 0 Å². The van der Waals surface area contributed by atoms with Crippen LogP contribution in [0.4, 0.5) is 0 Å². The molecule has 4 aromatic carbocycles. The zero-order valence-electron chi connectivity index (χ0n) is 16.5. The van der Waals surface area contributed by atoms with Crippen LogP contribution in [0.3, 0.4) is 0 Å². The summed E-state index contributed by atoms with van der Waals surface area (Å²) in [7, 11) is 0. The SMILES string of the molecule is C1=C(c2ccccc2)O[B-](c2ccccc2)(c2ccccc2)[O+]=C1c1ccccc1. The van der Waals surface area contributed by atoms with Crippen LogP contribution in [0.5, 0.6) is 0 Å². The van der Waals surface area contributed by atoms with Gasteiger partial charge in [-0.05, 0) is 23.1 Å². The van der Waals surface area contributed by atoms with E-state index in [1.807, 2.05) is 78.9 Å². The highest BCUT2D eigenvalue weighted by molar-refractivity contribution is 6.92. The van der Waals surface area contributed by atoms with Gasteiger partial charge in [-0.2, -0.15) is 0 Å². The summed E-state index contributed by atoms with van der Waals surface area (Å²) < 4.78 is 13.5. The zero-order chi connectivity index (χ0) is 20.2. The lowest BCUT2D eigenvalue weighted by atomic mass is 9.46. The molecule has 0 fully saturated rings. The number of carbonyl (C=O) groups excluding carboxylic acids is 1. The molecule has 3 heteroatoms. The predicted octanol–water partition coefficient (Wildman–Crippen LogP) is 4.73. The van der Waals surface area contributed by atoms with E-state index in [-0.39, 0.29) is 0 Å². The lowest BCUT2D eigenvalue weighted by Crippen LogP contribution is -2.61. The zero-order valence-corrected chi connectivity index (χ0v) is 16.5. The lowest BCUT2D eigenvalue weighted by Gasteiger charge is -2.33. The van der Waals surface area contributed by atoms with Gasteiger partial charge < -0.3 is 9.00 Å². The van der Waals surface area contributed by atoms with Gasteiger partial charge in [-0.3, -0.25) is 0 Å². The second-order valence-corrected chi connectivity index (χ2v) is 7.37. The van der Waals surface area contributed by atoms with Crippen molar-refractivity contribution in [3.05, 3.63) is 139 Å². The number of hydrogen-bond acceptors (Lipinski definition) is 1. The van der Waals surface area contributed by atoms with E-state index in [1.54, 1.807) is 0 Å². The molecule has 144 valence electrons. The van der Waals surface area contributed by atoms with Crippen LogP contribution in [0.2, 0.25) is 0 Å². The fraction of sp³-hybridized carbons (Fsp3) is 0. The van der Waals surface area contributed by atoms with Crippen molar-refractivity contribution in [3.8, 4) is 0 Å². The number of hydrogen-bond donors (Lipinski definition) is 0. The topological polar surface area (TPSA) is 20.5 Å². The Morgan fingerprint density at radius 3 is 1.43 bits per heavy atom. The number of rotatable bonds is 4. The van der Waals surface area contributed by atoms with Crippen LogP contribution < -0.4 is 10.9 Å². The van der Waals surface area contributed by atoms with Crippen molar-refractivity contribution in [1.82, 2.24) is 0 Å². The summed E-state index contributed by atoms with van der Waals surface area (Å²) >= 11 is 0. The standard InChI is InChI=1S/C27H21BO2/c1-5-13-22(14-6-1)26-21-27(23-15-7-2-8-16-23)30-28(29-26,24-17-9-3-10-18-24)25-19-11-4-12-20-25/h1-21H. The quantitative estimate of drug-likeness (QED) is 0.366. The Labute approximate surface area is 176 Å². The Hall–Kier alpha value is -3.85. The minimum atomic E-state index is -1.96. The molecular weight excluding hydrogens is 367 g/mol. The molecule has 0 atom stereocenters. The van der Waals surface area contributed by atoms with Gasteiger partial charge >= 0.3 is 6.55 Å². The first-order valence-corrected chi connectivity index (χ1v) is 10.2. The largest absolute Gasteiger partial charge is 0.650 e. The molecule has 0 radical (unpaired) electrons. The average molecular weight is 388 g/mol. The Balaban J connectivity index is 1.78. The van der Waals surface area contributed by atoms with E-state index in [0.29, 0.717) is 0 Å². The van der Waals surface area contributed by atoms with Crippen molar-refractivity contribution in [2.45, 2.75) is 0 Å². The van der Waals surface area contributed by atoms with E-state index in [9.17, 15) is 0 Å². The molecule has 0 saturated carbocycles. The molecule has 0 aliphatic carbocycles. The van der Waals surface area contributed by atoms with E-state index in [2.05, 4.69) is 48.5 Å². The van der Waals surface area contributed by atoms with Crippen LogP contribution in [0.1, 0.15) is 15.5 Å². The van der Waals surface area contributed by atoms with Gasteiger partial charge in [-0.15, -0.1) is 0 Å². The van der Waals surface area contributed by atoms with Gasteiger partial charge in [0.2, 0.25) is 0 Å². The summed E-state index contributed by atoms with van der Waals surface area (Å²) in [4.78, 5) is 0. The van der Waals surface area contributed by atoms with Crippen LogP contribution in [0.15, 0.2) is 127 Å². The van der Waals surface area contributed by atoms with Crippen LogP contribution in [-0.2, 0) is 4.65 Å². The molecule has 1 aliphatic rings. The third kappa shape index (κ3) is 3.35. The maximum Gasteiger partial charge on any atom is 0.650 e. The van der Waals surface area contributed by atoms with E-state index < -0.39 is 6.55 Å². The van der Waals surface area contributed by atoms with E-state index in [1.165, 1.54) is 0 Å². The Morgan fingerprint density at radius 2 is 0.933 bits per heavy atom. The highest BCUT2D eigenvalue weighted by Gasteiger charge is 2.51. The van der Waals surface area contributed by atoms with Crippen molar-refractivity contribution in [3.63, 3.8) is 0 Å². The second-order valence-electron chi connectivity index (χ2n) is 7.37. The predicted molar refractivity (Wildman–Crippen MR) is 124 cm³/mol. The normalized spacial score (nSPS) is 14.9. The van der Waals surface area contributed by atoms with Crippen molar-refractivity contribution in [1.29, 1.82) is 0 Å². The Morgan fingerprint density at radius 1 is 0.500 bits per heavy atom. The molecule has 0 amide bonds. The molecule has 2 nitrogen and oxygen atoms in total. The molecular formula is C27H21BO2. The van der Waals surface area contributed by atoms with Gasteiger partial charge in [0, 0.05) is 5.56 Å². The fourth-order valence-electron chi connectivity index (χ4n) is 3.95. The van der Waals surface area contributed by atoms with Crippen molar-refractivity contribution < 1.29 is 9.00 Å². The molecule has 0 N–H and O–H groups in total. The summed E-state index contributed by atoms with van der Waals surface area (Å²) in [6.07, 6.45) is 2.00. The minimum absolute atomic E-state index is 0.799. The molecule has 0 spiro atoms. The smallest absolute Gasteiger partial charge is 0.625 e. The third-order valence-corrected chi connectivity index (χ3v) is 5.44. The van der Waals surface area contributed by atoms with Gasteiger partial charge in [-0.25, -0.2) is 0 Å². The van der Waals surface area contributed by atoms with Gasteiger partial charge in [0.15, 0.2) is 0 Å². The molecule has 1 aliphatic heterocycles. The molecule has 0 unspecified atom stereocenters. The summed E-state index contributed by atoms with van der Waals surface area (Å²) in [6, 6.07) is 40.8. The number of benzene rings is 4. The van der Waals surface area contributed by atoms with Crippen molar-refractivity contribution >= 4 is 29.0 Å². The summed E-state index contributed by atoms with van der Waals surface area (Å²) in [5.41, 5.74) is 4.04. The van der Waals surface area contributed by atoms with Gasteiger partial charge in [0.05, 0.1) is 17.4 Å². The lowest BCUT2D eigenvalue weighted by molar-refractivity contribution is -0.124.